The third kappa shape index (κ3) is 3.68. The fraction of sp³-hybridized carbons (Fsp3) is 0.273. The highest BCUT2D eigenvalue weighted by molar-refractivity contribution is 6.34. The second-order valence-corrected chi connectivity index (χ2v) is 3.88. The van der Waals surface area contributed by atoms with Crippen LogP contribution in [-0.4, -0.2) is 34.7 Å². The molecule has 0 saturated carbocycles. The molecule has 1 aromatic rings. The molecule has 0 saturated heterocycles. The van der Waals surface area contributed by atoms with E-state index in [2.05, 4.69) is 5.32 Å². The van der Waals surface area contributed by atoms with E-state index in [0.717, 1.165) is 6.07 Å². The Balaban J connectivity index is 2.56. The first-order valence-corrected chi connectivity index (χ1v) is 5.44. The molecule has 0 aliphatic carbocycles. The Hall–Kier alpha value is -1.66. The lowest BCUT2D eigenvalue weighted by atomic mass is 10.2. The topological polar surface area (TPSA) is 86.6 Å². The van der Waals surface area contributed by atoms with Gasteiger partial charge in [-0.15, -0.1) is 0 Å². The molecule has 0 aliphatic rings. The fourth-order valence-corrected chi connectivity index (χ4v) is 1.43. The van der Waals surface area contributed by atoms with Gasteiger partial charge in [0.15, 0.2) is 6.10 Å². The van der Waals surface area contributed by atoms with E-state index in [1.165, 1.54) is 12.1 Å². The smallest absolute Gasteiger partial charge is 0.332 e. The molecule has 7 heteroatoms. The predicted molar refractivity (Wildman–Crippen MR) is 62.0 cm³/mol. The Morgan fingerprint density at radius 1 is 1.44 bits per heavy atom. The number of amides is 1. The van der Waals surface area contributed by atoms with Gasteiger partial charge in [0, 0.05) is 13.0 Å². The minimum atomic E-state index is -1.55. The van der Waals surface area contributed by atoms with Gasteiger partial charge in [0.25, 0.3) is 5.91 Å². The van der Waals surface area contributed by atoms with Crippen LogP contribution < -0.4 is 5.32 Å². The zero-order valence-corrected chi connectivity index (χ0v) is 9.95. The van der Waals surface area contributed by atoms with Crippen LogP contribution in [0.1, 0.15) is 16.8 Å². The Kier molecular flexibility index (Phi) is 5.06. The number of carboxylic acid groups (broad SMARTS) is 1. The monoisotopic (exact) mass is 275 g/mol. The number of hydrogen-bond donors (Lipinski definition) is 3. The molecule has 1 atom stereocenters. The molecule has 0 radical (unpaired) electrons. The van der Waals surface area contributed by atoms with Crippen LogP contribution in [0.5, 0.6) is 0 Å². The van der Waals surface area contributed by atoms with Gasteiger partial charge in [-0.3, -0.25) is 4.79 Å². The van der Waals surface area contributed by atoms with Gasteiger partial charge in [-0.1, -0.05) is 17.7 Å². The summed E-state index contributed by atoms with van der Waals surface area (Å²) >= 11 is 5.60. The lowest BCUT2D eigenvalue weighted by molar-refractivity contribution is -0.146. The summed E-state index contributed by atoms with van der Waals surface area (Å²) in [6.07, 6.45) is -1.69. The van der Waals surface area contributed by atoms with E-state index in [0.29, 0.717) is 0 Å². The maximum Gasteiger partial charge on any atom is 0.332 e. The second-order valence-electron chi connectivity index (χ2n) is 3.50. The maximum atomic E-state index is 13.1. The van der Waals surface area contributed by atoms with E-state index in [-0.39, 0.29) is 23.6 Å². The summed E-state index contributed by atoms with van der Waals surface area (Å²) in [7, 11) is 0. The number of benzene rings is 1. The van der Waals surface area contributed by atoms with Crippen molar-refractivity contribution in [2.24, 2.45) is 0 Å². The summed E-state index contributed by atoms with van der Waals surface area (Å²) in [5.74, 6) is -2.71. The standard InChI is InChI=1S/C11H11ClFNO4/c12-9-6(2-1-3-7(9)13)10(16)14-5-4-8(15)11(17)18/h1-3,8,15H,4-5H2,(H,14,16)(H,17,18)/t8-/m0/s1. The maximum absolute atomic E-state index is 13.1. The number of hydrogen-bond acceptors (Lipinski definition) is 3. The van der Waals surface area contributed by atoms with Gasteiger partial charge in [-0.25, -0.2) is 9.18 Å². The largest absolute Gasteiger partial charge is 0.479 e. The van der Waals surface area contributed by atoms with E-state index in [4.69, 9.17) is 21.8 Å². The zero-order valence-electron chi connectivity index (χ0n) is 9.19. The highest BCUT2D eigenvalue weighted by Crippen LogP contribution is 2.19. The summed E-state index contributed by atoms with van der Waals surface area (Å²) in [5.41, 5.74) is -0.0403. The molecule has 98 valence electrons. The SMILES string of the molecule is O=C(NCC[C@H](O)C(=O)O)c1cccc(F)c1Cl. The predicted octanol–water partition coefficient (Wildman–Crippen LogP) is 1.04. The van der Waals surface area contributed by atoms with Gasteiger partial charge in [0.05, 0.1) is 10.6 Å². The van der Waals surface area contributed by atoms with Crippen molar-refractivity contribution in [1.29, 1.82) is 0 Å². The van der Waals surface area contributed by atoms with Crippen molar-refractivity contribution in [1.82, 2.24) is 5.32 Å². The van der Waals surface area contributed by atoms with E-state index >= 15 is 0 Å². The highest BCUT2D eigenvalue weighted by atomic mass is 35.5. The second kappa shape index (κ2) is 6.32. The van der Waals surface area contributed by atoms with Crippen molar-refractivity contribution >= 4 is 23.5 Å². The van der Waals surface area contributed by atoms with Gasteiger partial charge in [0.2, 0.25) is 0 Å². The lowest BCUT2D eigenvalue weighted by Gasteiger charge is -2.08. The summed E-state index contributed by atoms with van der Waals surface area (Å²) < 4.78 is 13.1. The molecule has 1 amide bonds. The number of aliphatic carboxylic acids is 1. The summed E-state index contributed by atoms with van der Waals surface area (Å²) in [5, 5.41) is 19.4. The van der Waals surface area contributed by atoms with E-state index in [1.807, 2.05) is 0 Å². The van der Waals surface area contributed by atoms with Crippen LogP contribution in [0.2, 0.25) is 5.02 Å². The van der Waals surface area contributed by atoms with E-state index in [9.17, 15) is 14.0 Å². The van der Waals surface area contributed by atoms with Crippen LogP contribution in [0.25, 0.3) is 0 Å². The average Bonchev–Trinajstić information content (AvgIpc) is 2.32. The Labute approximate surface area is 107 Å². The van der Waals surface area contributed by atoms with Crippen molar-refractivity contribution in [3.8, 4) is 0 Å². The van der Waals surface area contributed by atoms with Crippen molar-refractivity contribution < 1.29 is 24.2 Å². The van der Waals surface area contributed by atoms with Crippen molar-refractivity contribution in [3.05, 3.63) is 34.6 Å². The third-order valence-electron chi connectivity index (χ3n) is 2.18. The molecule has 0 unspecified atom stereocenters. The first-order valence-electron chi connectivity index (χ1n) is 5.06. The number of carbonyl (C=O) groups excluding carboxylic acids is 1. The van der Waals surface area contributed by atoms with Crippen LogP contribution in [0.4, 0.5) is 4.39 Å². The van der Waals surface area contributed by atoms with Gasteiger partial charge in [-0.05, 0) is 12.1 Å². The minimum absolute atomic E-state index is 0.0403. The highest BCUT2D eigenvalue weighted by Gasteiger charge is 2.15. The third-order valence-corrected chi connectivity index (χ3v) is 2.57. The molecule has 0 bridgehead atoms. The van der Waals surface area contributed by atoms with E-state index in [1.54, 1.807) is 0 Å². The number of carboxylic acids is 1. The number of aliphatic hydroxyl groups is 1. The summed E-state index contributed by atoms with van der Waals surface area (Å²) in [4.78, 5) is 21.9. The molecule has 0 spiro atoms. The average molecular weight is 276 g/mol. The number of halogens is 2. The number of nitrogens with one attached hydrogen (secondary N) is 1. The van der Waals surface area contributed by atoms with Crippen LogP contribution in [-0.2, 0) is 4.79 Å². The molecule has 1 rings (SSSR count). The summed E-state index contributed by atoms with van der Waals surface area (Å²) in [6, 6.07) is 3.80. The molecule has 0 fully saturated rings. The van der Waals surface area contributed by atoms with Crippen LogP contribution in [0.15, 0.2) is 18.2 Å². The number of carbonyl (C=O) groups is 2. The molecule has 0 heterocycles. The number of aliphatic hydroxyl groups excluding tert-OH is 1. The normalized spacial score (nSPS) is 11.9. The van der Waals surface area contributed by atoms with E-state index < -0.39 is 23.8 Å². The molecular weight excluding hydrogens is 265 g/mol. The first kappa shape index (κ1) is 14.4. The molecule has 0 aromatic heterocycles. The van der Waals surface area contributed by atoms with Gasteiger partial charge in [-0.2, -0.15) is 0 Å². The van der Waals surface area contributed by atoms with Crippen LogP contribution in [0.3, 0.4) is 0 Å². The zero-order chi connectivity index (χ0) is 13.7. The van der Waals surface area contributed by atoms with Crippen molar-refractivity contribution in [2.75, 3.05) is 6.54 Å². The number of rotatable bonds is 5. The van der Waals surface area contributed by atoms with Crippen LogP contribution >= 0.6 is 11.6 Å². The van der Waals surface area contributed by atoms with Crippen LogP contribution in [0, 0.1) is 5.82 Å². The van der Waals surface area contributed by atoms with Crippen molar-refractivity contribution in [2.45, 2.75) is 12.5 Å². The minimum Gasteiger partial charge on any atom is -0.479 e. The Morgan fingerprint density at radius 3 is 2.72 bits per heavy atom. The lowest BCUT2D eigenvalue weighted by Crippen LogP contribution is -2.30. The van der Waals surface area contributed by atoms with Gasteiger partial charge < -0.3 is 15.5 Å². The fourth-order valence-electron chi connectivity index (χ4n) is 1.22. The Bertz CT molecular complexity index is 466. The molecule has 1 aromatic carbocycles. The molecular formula is C11H11ClFNO4. The molecule has 0 aliphatic heterocycles. The quantitative estimate of drug-likeness (QED) is 0.749. The summed E-state index contributed by atoms with van der Waals surface area (Å²) in [6.45, 7) is -0.0564. The first-order chi connectivity index (χ1) is 8.43. The molecule has 18 heavy (non-hydrogen) atoms. The van der Waals surface area contributed by atoms with Gasteiger partial charge >= 0.3 is 5.97 Å². The molecule has 3 N–H and O–H groups in total. The van der Waals surface area contributed by atoms with Gasteiger partial charge in [0.1, 0.15) is 5.82 Å². The Morgan fingerprint density at radius 2 is 2.11 bits per heavy atom. The van der Waals surface area contributed by atoms with Crippen molar-refractivity contribution in [3.63, 3.8) is 0 Å². The molecule has 5 nitrogen and oxygen atoms in total.